The van der Waals surface area contributed by atoms with Gasteiger partial charge in [-0.3, -0.25) is 9.59 Å². The first kappa shape index (κ1) is 21.8. The minimum atomic E-state index is -0.357. The fourth-order valence-electron chi connectivity index (χ4n) is 3.50. The van der Waals surface area contributed by atoms with E-state index in [9.17, 15) is 14.0 Å². The van der Waals surface area contributed by atoms with E-state index in [2.05, 4.69) is 5.32 Å². The van der Waals surface area contributed by atoms with Crippen molar-refractivity contribution in [2.75, 3.05) is 24.3 Å². The predicted octanol–water partition coefficient (Wildman–Crippen LogP) is 4.68. The molecule has 0 bridgehead atoms. The molecule has 0 aromatic heterocycles. The summed E-state index contributed by atoms with van der Waals surface area (Å²) in [6.45, 7) is 4.45. The van der Waals surface area contributed by atoms with Crippen molar-refractivity contribution in [1.82, 2.24) is 4.90 Å². The van der Waals surface area contributed by atoms with E-state index < -0.39 is 0 Å². The maximum atomic E-state index is 13.3. The molecule has 0 aliphatic heterocycles. The maximum absolute atomic E-state index is 13.3. The van der Waals surface area contributed by atoms with Gasteiger partial charge in [0.2, 0.25) is 5.91 Å². The molecular formula is C24H30FN3O2. The zero-order valence-electron chi connectivity index (χ0n) is 18.1. The molecule has 160 valence electrons. The SMILES string of the molecule is CC(C)CC(=O)Nc1ccc(N(C)C)c(CN(C(=O)c2ccc(F)cc2)C2CC2)c1. The van der Waals surface area contributed by atoms with Gasteiger partial charge in [-0.1, -0.05) is 13.8 Å². The van der Waals surface area contributed by atoms with Gasteiger partial charge in [-0.2, -0.15) is 0 Å². The van der Waals surface area contributed by atoms with Gasteiger partial charge in [0.25, 0.3) is 5.91 Å². The maximum Gasteiger partial charge on any atom is 0.254 e. The van der Waals surface area contributed by atoms with Crippen LogP contribution in [0.4, 0.5) is 15.8 Å². The summed E-state index contributed by atoms with van der Waals surface area (Å²) in [5, 5.41) is 2.96. The summed E-state index contributed by atoms with van der Waals surface area (Å²) >= 11 is 0. The lowest BCUT2D eigenvalue weighted by atomic mass is 10.1. The summed E-state index contributed by atoms with van der Waals surface area (Å²) in [6.07, 6.45) is 2.39. The molecule has 0 heterocycles. The van der Waals surface area contributed by atoms with Crippen LogP contribution in [-0.4, -0.2) is 36.9 Å². The number of nitrogens with zero attached hydrogens (tertiary/aromatic N) is 2. The van der Waals surface area contributed by atoms with Gasteiger partial charge >= 0.3 is 0 Å². The van der Waals surface area contributed by atoms with Crippen LogP contribution in [0.3, 0.4) is 0 Å². The fourth-order valence-corrected chi connectivity index (χ4v) is 3.50. The molecule has 0 atom stereocenters. The molecule has 5 nitrogen and oxygen atoms in total. The highest BCUT2D eigenvalue weighted by atomic mass is 19.1. The topological polar surface area (TPSA) is 52.7 Å². The van der Waals surface area contributed by atoms with E-state index in [0.717, 1.165) is 29.8 Å². The van der Waals surface area contributed by atoms with Crippen molar-refractivity contribution >= 4 is 23.2 Å². The standard InChI is InChI=1S/C24H30FN3O2/c1-16(2)13-23(29)26-20-9-12-22(27(3)4)18(14-20)15-28(21-10-11-21)24(30)17-5-7-19(25)8-6-17/h5-9,12,14,16,21H,10-11,13,15H2,1-4H3,(H,26,29). The van der Waals surface area contributed by atoms with Crippen LogP contribution in [0.15, 0.2) is 42.5 Å². The van der Waals surface area contributed by atoms with Gasteiger partial charge in [0.15, 0.2) is 0 Å². The van der Waals surface area contributed by atoms with Crippen molar-refractivity contribution in [2.45, 2.75) is 45.7 Å². The number of hydrogen-bond donors (Lipinski definition) is 1. The number of halogens is 1. The van der Waals surface area contributed by atoms with Crippen molar-refractivity contribution in [2.24, 2.45) is 5.92 Å². The van der Waals surface area contributed by atoms with E-state index in [1.807, 2.05) is 55.9 Å². The van der Waals surface area contributed by atoms with Gasteiger partial charge in [0.1, 0.15) is 5.82 Å². The average Bonchev–Trinajstić information content (AvgIpc) is 3.50. The van der Waals surface area contributed by atoms with Crippen LogP contribution in [-0.2, 0) is 11.3 Å². The Labute approximate surface area is 177 Å². The molecule has 0 spiro atoms. The van der Waals surface area contributed by atoms with Crippen LogP contribution in [0.2, 0.25) is 0 Å². The van der Waals surface area contributed by atoms with Crippen LogP contribution in [0.5, 0.6) is 0 Å². The van der Waals surface area contributed by atoms with E-state index in [1.54, 1.807) is 0 Å². The monoisotopic (exact) mass is 411 g/mol. The average molecular weight is 412 g/mol. The van der Waals surface area contributed by atoms with Crippen molar-refractivity contribution in [3.05, 3.63) is 59.4 Å². The molecular weight excluding hydrogens is 381 g/mol. The van der Waals surface area contributed by atoms with E-state index in [0.29, 0.717) is 18.5 Å². The summed E-state index contributed by atoms with van der Waals surface area (Å²) in [5.41, 5.74) is 3.17. The molecule has 2 aromatic rings. The van der Waals surface area contributed by atoms with Crippen LogP contribution in [0.25, 0.3) is 0 Å². The molecule has 1 N–H and O–H groups in total. The zero-order valence-corrected chi connectivity index (χ0v) is 18.1. The summed E-state index contributed by atoms with van der Waals surface area (Å²) in [4.78, 5) is 29.2. The molecule has 1 aliphatic rings. The number of carbonyl (C=O) groups is 2. The normalized spacial score (nSPS) is 13.3. The molecule has 1 aliphatic carbocycles. The minimum absolute atomic E-state index is 0.0185. The Morgan fingerprint density at radius 3 is 2.33 bits per heavy atom. The zero-order chi connectivity index (χ0) is 21.8. The second-order valence-corrected chi connectivity index (χ2v) is 8.56. The van der Waals surface area contributed by atoms with Crippen LogP contribution >= 0.6 is 0 Å². The Kier molecular flexibility index (Phi) is 6.75. The molecule has 0 unspecified atom stereocenters. The third kappa shape index (κ3) is 5.59. The Balaban J connectivity index is 1.85. The summed E-state index contributed by atoms with van der Waals surface area (Å²) in [6, 6.07) is 11.7. The van der Waals surface area contributed by atoms with Gasteiger partial charge in [0.05, 0.1) is 0 Å². The third-order valence-electron chi connectivity index (χ3n) is 5.12. The van der Waals surface area contributed by atoms with E-state index in [1.165, 1.54) is 24.3 Å². The summed E-state index contributed by atoms with van der Waals surface area (Å²) in [5.74, 6) is -0.195. The van der Waals surface area contributed by atoms with Gasteiger partial charge in [-0.25, -0.2) is 4.39 Å². The molecule has 0 radical (unpaired) electrons. The first-order valence-corrected chi connectivity index (χ1v) is 10.4. The number of rotatable bonds is 8. The van der Waals surface area contributed by atoms with Crippen molar-refractivity contribution in [1.29, 1.82) is 0 Å². The highest BCUT2D eigenvalue weighted by Crippen LogP contribution is 2.33. The quantitative estimate of drug-likeness (QED) is 0.686. The largest absolute Gasteiger partial charge is 0.377 e. The van der Waals surface area contributed by atoms with Crippen LogP contribution in [0.1, 0.15) is 49.0 Å². The molecule has 3 rings (SSSR count). The Morgan fingerprint density at radius 2 is 1.77 bits per heavy atom. The van der Waals surface area contributed by atoms with E-state index in [-0.39, 0.29) is 29.6 Å². The van der Waals surface area contributed by atoms with Crippen molar-refractivity contribution < 1.29 is 14.0 Å². The van der Waals surface area contributed by atoms with Gasteiger partial charge in [-0.15, -0.1) is 0 Å². The molecule has 2 aromatic carbocycles. The second kappa shape index (κ2) is 9.28. The predicted molar refractivity (Wildman–Crippen MR) is 118 cm³/mol. The molecule has 1 saturated carbocycles. The van der Waals surface area contributed by atoms with Gasteiger partial charge < -0.3 is 15.1 Å². The lowest BCUT2D eigenvalue weighted by molar-refractivity contribution is -0.116. The minimum Gasteiger partial charge on any atom is -0.377 e. The first-order chi connectivity index (χ1) is 14.2. The van der Waals surface area contributed by atoms with Crippen LogP contribution in [0, 0.1) is 11.7 Å². The van der Waals surface area contributed by atoms with E-state index in [4.69, 9.17) is 0 Å². The number of anilines is 2. The van der Waals surface area contributed by atoms with Gasteiger partial charge in [-0.05, 0) is 66.8 Å². The third-order valence-corrected chi connectivity index (χ3v) is 5.12. The molecule has 0 saturated heterocycles. The highest BCUT2D eigenvalue weighted by Gasteiger charge is 2.33. The van der Waals surface area contributed by atoms with Crippen LogP contribution < -0.4 is 10.2 Å². The number of nitrogens with one attached hydrogen (secondary N) is 1. The summed E-state index contributed by atoms with van der Waals surface area (Å²) < 4.78 is 13.3. The second-order valence-electron chi connectivity index (χ2n) is 8.56. The van der Waals surface area contributed by atoms with Crippen molar-refractivity contribution in [3.8, 4) is 0 Å². The molecule has 30 heavy (non-hydrogen) atoms. The Hall–Kier alpha value is -2.89. The number of carbonyl (C=O) groups excluding carboxylic acids is 2. The molecule has 2 amide bonds. The fraction of sp³-hybridized carbons (Fsp3) is 0.417. The molecule has 1 fully saturated rings. The van der Waals surface area contributed by atoms with Gasteiger partial charge in [0, 0.05) is 50.0 Å². The Bertz CT molecular complexity index is 905. The Morgan fingerprint density at radius 1 is 1.10 bits per heavy atom. The number of benzene rings is 2. The number of hydrogen-bond acceptors (Lipinski definition) is 3. The molecule has 6 heteroatoms. The number of amides is 2. The summed E-state index contributed by atoms with van der Waals surface area (Å²) in [7, 11) is 3.91. The highest BCUT2D eigenvalue weighted by molar-refractivity contribution is 5.95. The smallest absolute Gasteiger partial charge is 0.254 e. The lowest BCUT2D eigenvalue weighted by Crippen LogP contribution is -2.33. The lowest BCUT2D eigenvalue weighted by Gasteiger charge is -2.26. The first-order valence-electron chi connectivity index (χ1n) is 10.4. The van der Waals surface area contributed by atoms with Crippen molar-refractivity contribution in [3.63, 3.8) is 0 Å². The van der Waals surface area contributed by atoms with E-state index >= 15 is 0 Å².